The second-order valence-electron chi connectivity index (χ2n) is 5.80. The second-order valence-corrected chi connectivity index (χ2v) is 5.80. The van der Waals surface area contributed by atoms with Gasteiger partial charge in [-0.3, -0.25) is 0 Å². The highest BCUT2D eigenvalue weighted by atomic mass is 16.6. The Kier molecular flexibility index (Phi) is 3.97. The molecule has 0 aliphatic heterocycles. The maximum atomic E-state index is 11.6. The summed E-state index contributed by atoms with van der Waals surface area (Å²) in [5.74, 6) is 0.595. The Bertz CT molecular complexity index is 565. The first-order valence-electron chi connectivity index (χ1n) is 6.67. The number of nitrogens with one attached hydrogen (secondary N) is 1. The maximum Gasteiger partial charge on any atom is 0.407 e. The molecule has 1 aromatic carbocycles. The molecule has 1 N–H and O–H groups in total. The molecule has 108 valence electrons. The molecular formula is C15H20N2O3. The predicted molar refractivity (Wildman–Crippen MR) is 76.7 cm³/mol. The van der Waals surface area contributed by atoms with E-state index in [1.165, 1.54) is 0 Å². The summed E-state index contributed by atoms with van der Waals surface area (Å²) in [7, 11) is 0. The van der Waals surface area contributed by atoms with Gasteiger partial charge in [-0.2, -0.15) is 0 Å². The molecule has 1 aromatic heterocycles. The molecule has 0 unspecified atom stereocenters. The van der Waals surface area contributed by atoms with E-state index in [0.717, 1.165) is 11.1 Å². The van der Waals surface area contributed by atoms with Crippen molar-refractivity contribution in [2.24, 2.45) is 0 Å². The third-order valence-electron chi connectivity index (χ3n) is 2.68. The van der Waals surface area contributed by atoms with E-state index in [-0.39, 0.29) is 5.92 Å². The summed E-state index contributed by atoms with van der Waals surface area (Å²) in [4.78, 5) is 16.0. The van der Waals surface area contributed by atoms with E-state index < -0.39 is 11.7 Å². The van der Waals surface area contributed by atoms with Crippen molar-refractivity contribution in [1.82, 2.24) is 10.3 Å². The molecule has 1 amide bonds. The van der Waals surface area contributed by atoms with Gasteiger partial charge in [-0.25, -0.2) is 9.78 Å². The summed E-state index contributed by atoms with van der Waals surface area (Å²) in [6.07, 6.45) is -0.430. The number of amides is 1. The minimum Gasteiger partial charge on any atom is -0.444 e. The largest absolute Gasteiger partial charge is 0.444 e. The number of rotatable bonds is 3. The van der Waals surface area contributed by atoms with Crippen LogP contribution in [-0.2, 0) is 4.74 Å². The zero-order chi connectivity index (χ0) is 14.8. The van der Waals surface area contributed by atoms with Crippen LogP contribution in [0.15, 0.2) is 28.7 Å². The summed E-state index contributed by atoms with van der Waals surface area (Å²) in [6.45, 7) is 7.86. The molecule has 0 aliphatic carbocycles. The number of nitrogens with zero attached hydrogens (tertiary/aromatic N) is 1. The molecule has 2 aromatic rings. The van der Waals surface area contributed by atoms with Gasteiger partial charge in [0.25, 0.3) is 0 Å². The number of benzene rings is 1. The Morgan fingerprint density at radius 2 is 2.10 bits per heavy atom. The van der Waals surface area contributed by atoms with Gasteiger partial charge < -0.3 is 14.5 Å². The van der Waals surface area contributed by atoms with Crippen LogP contribution in [0.3, 0.4) is 0 Å². The van der Waals surface area contributed by atoms with E-state index in [9.17, 15) is 4.79 Å². The molecule has 0 aliphatic rings. The number of alkyl carbamates (subject to hydrolysis) is 1. The van der Waals surface area contributed by atoms with Crippen molar-refractivity contribution < 1.29 is 13.9 Å². The standard InChI is InChI=1S/C15H20N2O3/c1-10(9-16-14(18)20-15(2,3)4)13-17-11-7-5-6-8-12(11)19-13/h5-8,10H,9H2,1-4H3,(H,16,18)/t10-/m0/s1. The van der Waals surface area contributed by atoms with Crippen LogP contribution in [0.25, 0.3) is 11.1 Å². The number of fused-ring (bicyclic) bond motifs is 1. The molecule has 0 bridgehead atoms. The van der Waals surface area contributed by atoms with Gasteiger partial charge in [0, 0.05) is 6.54 Å². The Hall–Kier alpha value is -2.04. The number of aromatic nitrogens is 1. The van der Waals surface area contributed by atoms with Crippen molar-refractivity contribution in [3.63, 3.8) is 0 Å². The highest BCUT2D eigenvalue weighted by Crippen LogP contribution is 2.20. The molecule has 0 fully saturated rings. The van der Waals surface area contributed by atoms with E-state index >= 15 is 0 Å². The van der Waals surface area contributed by atoms with E-state index in [2.05, 4.69) is 10.3 Å². The lowest BCUT2D eigenvalue weighted by Crippen LogP contribution is -2.34. The predicted octanol–water partition coefficient (Wildman–Crippen LogP) is 3.46. The molecule has 0 radical (unpaired) electrons. The third-order valence-corrected chi connectivity index (χ3v) is 2.68. The Morgan fingerprint density at radius 1 is 1.40 bits per heavy atom. The molecular weight excluding hydrogens is 256 g/mol. The van der Waals surface area contributed by atoms with Crippen LogP contribution in [0.2, 0.25) is 0 Å². The average molecular weight is 276 g/mol. The monoisotopic (exact) mass is 276 g/mol. The van der Waals surface area contributed by atoms with Crippen LogP contribution in [0.1, 0.15) is 39.5 Å². The van der Waals surface area contributed by atoms with Gasteiger partial charge in [-0.15, -0.1) is 0 Å². The van der Waals surface area contributed by atoms with E-state index in [1.54, 1.807) is 0 Å². The molecule has 1 atom stereocenters. The Balaban J connectivity index is 1.95. The van der Waals surface area contributed by atoms with Crippen LogP contribution in [-0.4, -0.2) is 23.2 Å². The molecule has 5 nitrogen and oxygen atoms in total. The van der Waals surface area contributed by atoms with Crippen molar-refractivity contribution in [3.05, 3.63) is 30.2 Å². The van der Waals surface area contributed by atoms with E-state index in [0.29, 0.717) is 12.4 Å². The van der Waals surface area contributed by atoms with Crippen LogP contribution in [0.5, 0.6) is 0 Å². The van der Waals surface area contributed by atoms with Gasteiger partial charge in [0.15, 0.2) is 11.5 Å². The van der Waals surface area contributed by atoms with Gasteiger partial charge in [-0.1, -0.05) is 19.1 Å². The number of oxazole rings is 1. The second kappa shape index (κ2) is 5.53. The highest BCUT2D eigenvalue weighted by Gasteiger charge is 2.18. The van der Waals surface area contributed by atoms with Gasteiger partial charge in [0.05, 0.1) is 5.92 Å². The number of carbonyl (C=O) groups is 1. The van der Waals surface area contributed by atoms with Crippen LogP contribution in [0, 0.1) is 0 Å². The molecule has 20 heavy (non-hydrogen) atoms. The normalized spacial score (nSPS) is 13.2. The fourth-order valence-corrected chi connectivity index (χ4v) is 1.74. The van der Waals surface area contributed by atoms with Crippen molar-refractivity contribution in [2.45, 2.75) is 39.2 Å². The van der Waals surface area contributed by atoms with E-state index in [1.807, 2.05) is 52.0 Å². The van der Waals surface area contributed by atoms with Crippen LogP contribution < -0.4 is 5.32 Å². The van der Waals surface area contributed by atoms with Crippen molar-refractivity contribution in [3.8, 4) is 0 Å². The molecule has 2 rings (SSSR count). The smallest absolute Gasteiger partial charge is 0.407 e. The maximum absolute atomic E-state index is 11.6. The number of hydrogen-bond acceptors (Lipinski definition) is 4. The summed E-state index contributed by atoms with van der Waals surface area (Å²) in [5, 5.41) is 2.72. The lowest BCUT2D eigenvalue weighted by atomic mass is 10.2. The van der Waals surface area contributed by atoms with Gasteiger partial charge >= 0.3 is 6.09 Å². The SMILES string of the molecule is C[C@@H](CNC(=O)OC(C)(C)C)c1nc2ccccc2o1. The third kappa shape index (κ3) is 3.73. The molecule has 5 heteroatoms. The number of carbonyl (C=O) groups excluding carboxylic acids is 1. The lowest BCUT2D eigenvalue weighted by Gasteiger charge is -2.20. The lowest BCUT2D eigenvalue weighted by molar-refractivity contribution is 0.0524. The molecule has 1 heterocycles. The van der Waals surface area contributed by atoms with Gasteiger partial charge in [0.2, 0.25) is 0 Å². The average Bonchev–Trinajstić information content (AvgIpc) is 2.77. The van der Waals surface area contributed by atoms with Crippen molar-refractivity contribution in [1.29, 1.82) is 0 Å². The molecule has 0 saturated carbocycles. The van der Waals surface area contributed by atoms with Gasteiger partial charge in [-0.05, 0) is 32.9 Å². The minimum absolute atomic E-state index is 0.0186. The Morgan fingerprint density at radius 3 is 2.75 bits per heavy atom. The first-order chi connectivity index (χ1) is 9.35. The number of para-hydroxylation sites is 2. The highest BCUT2D eigenvalue weighted by molar-refractivity contribution is 5.72. The first-order valence-corrected chi connectivity index (χ1v) is 6.67. The number of ether oxygens (including phenoxy) is 1. The summed E-state index contributed by atoms with van der Waals surface area (Å²) in [6, 6.07) is 7.59. The van der Waals surface area contributed by atoms with Crippen LogP contribution in [0.4, 0.5) is 4.79 Å². The van der Waals surface area contributed by atoms with Crippen LogP contribution >= 0.6 is 0 Å². The fraction of sp³-hybridized carbons (Fsp3) is 0.467. The quantitative estimate of drug-likeness (QED) is 0.932. The topological polar surface area (TPSA) is 64.4 Å². The van der Waals surface area contributed by atoms with Crippen molar-refractivity contribution in [2.75, 3.05) is 6.54 Å². The molecule has 0 saturated heterocycles. The summed E-state index contributed by atoms with van der Waals surface area (Å²) < 4.78 is 10.8. The van der Waals surface area contributed by atoms with Crippen molar-refractivity contribution >= 4 is 17.2 Å². The zero-order valence-corrected chi connectivity index (χ0v) is 12.3. The zero-order valence-electron chi connectivity index (χ0n) is 12.3. The van der Waals surface area contributed by atoms with E-state index in [4.69, 9.17) is 9.15 Å². The summed E-state index contributed by atoms with van der Waals surface area (Å²) in [5.41, 5.74) is 1.09. The number of hydrogen-bond donors (Lipinski definition) is 1. The minimum atomic E-state index is -0.495. The Labute approximate surface area is 118 Å². The first kappa shape index (κ1) is 14.4. The molecule has 0 spiro atoms. The fourth-order valence-electron chi connectivity index (χ4n) is 1.74. The summed E-state index contributed by atoms with van der Waals surface area (Å²) >= 11 is 0. The van der Waals surface area contributed by atoms with Gasteiger partial charge in [0.1, 0.15) is 11.1 Å².